The molecule has 3 rings (SSSR count). The van der Waals surface area contributed by atoms with Crippen LogP contribution in [0.5, 0.6) is 0 Å². The van der Waals surface area contributed by atoms with Gasteiger partial charge in [0.05, 0.1) is 0 Å². The molecule has 190 valence electrons. The molecular weight excluding hydrogens is 497 g/mol. The smallest absolute Gasteiger partial charge is 0.323 e. The molecular formula is C29H31Cl2NO4. The standard InChI is InChI=1S/C29H31Cl2NO4/c1-19(27(33)36-29(2,3)4)32-26(28(34)35-18-21-8-6-5-7-9-21)16-20-10-12-22(13-11-20)24-17-23(30)14-15-25(24)31/h5-15,17,19,26,32H,16,18H2,1-4H3/t19-,26-/m0/s1. The molecule has 0 fully saturated rings. The van der Waals surface area contributed by atoms with E-state index in [0.29, 0.717) is 16.5 Å². The van der Waals surface area contributed by atoms with Crippen molar-refractivity contribution in [1.29, 1.82) is 0 Å². The maximum Gasteiger partial charge on any atom is 0.323 e. The molecule has 0 aliphatic rings. The molecule has 0 heterocycles. The highest BCUT2D eigenvalue weighted by Crippen LogP contribution is 2.30. The van der Waals surface area contributed by atoms with Gasteiger partial charge in [-0.2, -0.15) is 0 Å². The highest BCUT2D eigenvalue weighted by atomic mass is 35.5. The topological polar surface area (TPSA) is 64.6 Å². The average Bonchev–Trinajstić information content (AvgIpc) is 2.83. The van der Waals surface area contributed by atoms with Crippen LogP contribution < -0.4 is 5.32 Å². The normalized spacial score (nSPS) is 13.1. The number of ether oxygens (including phenoxy) is 2. The van der Waals surface area contributed by atoms with Crippen molar-refractivity contribution in [2.75, 3.05) is 0 Å². The number of hydrogen-bond acceptors (Lipinski definition) is 5. The number of nitrogens with one attached hydrogen (secondary N) is 1. The molecule has 0 saturated carbocycles. The fourth-order valence-corrected chi connectivity index (χ4v) is 3.97. The molecule has 7 heteroatoms. The predicted molar refractivity (Wildman–Crippen MR) is 144 cm³/mol. The van der Waals surface area contributed by atoms with Crippen molar-refractivity contribution in [2.24, 2.45) is 0 Å². The number of halogens is 2. The minimum atomic E-state index is -0.753. The van der Waals surface area contributed by atoms with Gasteiger partial charge in [0.15, 0.2) is 0 Å². The molecule has 3 aromatic rings. The monoisotopic (exact) mass is 527 g/mol. The second kappa shape index (κ2) is 12.4. The fraction of sp³-hybridized carbons (Fsp3) is 0.310. The van der Waals surface area contributed by atoms with E-state index in [1.54, 1.807) is 39.8 Å². The van der Waals surface area contributed by atoms with Gasteiger partial charge in [0.2, 0.25) is 0 Å². The van der Waals surface area contributed by atoms with E-state index in [1.807, 2.05) is 60.7 Å². The average molecular weight is 528 g/mol. The summed E-state index contributed by atoms with van der Waals surface area (Å²) < 4.78 is 11.0. The first kappa shape index (κ1) is 27.7. The quantitative estimate of drug-likeness (QED) is 0.316. The van der Waals surface area contributed by atoms with Gasteiger partial charge in [0.1, 0.15) is 24.3 Å². The lowest BCUT2D eigenvalue weighted by Gasteiger charge is -2.25. The van der Waals surface area contributed by atoms with Gasteiger partial charge >= 0.3 is 11.9 Å². The van der Waals surface area contributed by atoms with Gasteiger partial charge in [0.25, 0.3) is 0 Å². The highest BCUT2D eigenvalue weighted by molar-refractivity contribution is 6.35. The molecule has 0 saturated heterocycles. The third-order valence-corrected chi connectivity index (χ3v) is 5.92. The molecule has 1 N–H and O–H groups in total. The Morgan fingerprint density at radius 1 is 0.889 bits per heavy atom. The minimum Gasteiger partial charge on any atom is -0.460 e. The van der Waals surface area contributed by atoms with Gasteiger partial charge < -0.3 is 9.47 Å². The van der Waals surface area contributed by atoms with Crippen molar-refractivity contribution in [2.45, 2.75) is 58.4 Å². The summed E-state index contributed by atoms with van der Waals surface area (Å²) in [5.41, 5.74) is 2.87. The number of hydrogen-bond donors (Lipinski definition) is 1. The molecule has 0 aliphatic carbocycles. The number of benzene rings is 3. The molecule has 0 bridgehead atoms. The molecule has 0 spiro atoms. The Morgan fingerprint density at radius 3 is 2.19 bits per heavy atom. The lowest BCUT2D eigenvalue weighted by molar-refractivity contribution is -0.158. The van der Waals surface area contributed by atoms with Gasteiger partial charge in [-0.15, -0.1) is 0 Å². The first-order valence-corrected chi connectivity index (χ1v) is 12.5. The van der Waals surface area contributed by atoms with E-state index in [-0.39, 0.29) is 6.61 Å². The zero-order chi connectivity index (χ0) is 26.3. The van der Waals surface area contributed by atoms with Crippen molar-refractivity contribution < 1.29 is 19.1 Å². The highest BCUT2D eigenvalue weighted by Gasteiger charge is 2.28. The van der Waals surface area contributed by atoms with E-state index < -0.39 is 29.6 Å². The zero-order valence-electron chi connectivity index (χ0n) is 20.9. The van der Waals surface area contributed by atoms with Crippen molar-refractivity contribution in [1.82, 2.24) is 5.32 Å². The van der Waals surface area contributed by atoms with E-state index in [1.165, 1.54) is 0 Å². The molecule has 2 atom stereocenters. The SMILES string of the molecule is C[C@H](N[C@@H](Cc1ccc(-c2cc(Cl)ccc2Cl)cc1)C(=O)OCc1ccccc1)C(=O)OC(C)(C)C. The molecule has 0 aliphatic heterocycles. The Labute approximate surface area is 222 Å². The second-order valence-electron chi connectivity index (χ2n) is 9.59. The summed E-state index contributed by atoms with van der Waals surface area (Å²) >= 11 is 12.5. The molecule has 0 amide bonds. The van der Waals surface area contributed by atoms with Crippen molar-refractivity contribution in [3.8, 4) is 11.1 Å². The van der Waals surface area contributed by atoms with Crippen LogP contribution in [0.15, 0.2) is 72.8 Å². The van der Waals surface area contributed by atoms with Gasteiger partial charge in [-0.25, -0.2) is 0 Å². The van der Waals surface area contributed by atoms with E-state index in [0.717, 1.165) is 22.3 Å². The summed E-state index contributed by atoms with van der Waals surface area (Å²) in [5.74, 6) is -0.884. The van der Waals surface area contributed by atoms with Gasteiger partial charge in [0, 0.05) is 15.6 Å². The third-order valence-electron chi connectivity index (χ3n) is 5.35. The Hall–Kier alpha value is -2.86. The predicted octanol–water partition coefficient (Wildman–Crippen LogP) is 6.63. The molecule has 0 radical (unpaired) electrons. The molecule has 3 aromatic carbocycles. The molecule has 0 aromatic heterocycles. The van der Waals surface area contributed by atoms with Crippen LogP contribution in [-0.4, -0.2) is 29.6 Å². The van der Waals surface area contributed by atoms with Gasteiger partial charge in [-0.3, -0.25) is 14.9 Å². The summed E-state index contributed by atoms with van der Waals surface area (Å²) in [6.45, 7) is 7.23. The maximum absolute atomic E-state index is 13.1. The first-order chi connectivity index (χ1) is 17.0. The largest absolute Gasteiger partial charge is 0.460 e. The van der Waals surface area contributed by atoms with Crippen LogP contribution in [0.25, 0.3) is 11.1 Å². The van der Waals surface area contributed by atoms with Gasteiger partial charge in [-0.1, -0.05) is 77.8 Å². The van der Waals surface area contributed by atoms with Crippen LogP contribution >= 0.6 is 23.2 Å². The summed E-state index contributed by atoms with van der Waals surface area (Å²) in [4.78, 5) is 25.6. The molecule has 5 nitrogen and oxygen atoms in total. The Morgan fingerprint density at radius 2 is 1.56 bits per heavy atom. The summed E-state index contributed by atoms with van der Waals surface area (Å²) in [5, 5.41) is 4.30. The summed E-state index contributed by atoms with van der Waals surface area (Å²) in [7, 11) is 0. The van der Waals surface area contributed by atoms with Crippen LogP contribution in [0.1, 0.15) is 38.8 Å². The Balaban J connectivity index is 1.76. The lowest BCUT2D eigenvalue weighted by atomic mass is 10.00. The van der Waals surface area contributed by atoms with Crippen LogP contribution in [0, 0.1) is 0 Å². The number of rotatable bonds is 9. The van der Waals surface area contributed by atoms with E-state index >= 15 is 0 Å². The lowest BCUT2D eigenvalue weighted by Crippen LogP contribution is -2.49. The van der Waals surface area contributed by atoms with Crippen LogP contribution in [0.4, 0.5) is 0 Å². The van der Waals surface area contributed by atoms with Crippen LogP contribution in [0.3, 0.4) is 0 Å². The van der Waals surface area contributed by atoms with Crippen LogP contribution in [-0.2, 0) is 32.1 Å². The number of carbonyl (C=O) groups excluding carboxylic acids is 2. The number of carbonyl (C=O) groups is 2. The van der Waals surface area contributed by atoms with E-state index in [4.69, 9.17) is 32.7 Å². The van der Waals surface area contributed by atoms with Gasteiger partial charge in [-0.05, 0) is 69.0 Å². The van der Waals surface area contributed by atoms with Crippen molar-refractivity contribution in [3.05, 3.63) is 94.0 Å². The summed E-state index contributed by atoms with van der Waals surface area (Å²) in [6, 6.07) is 21.0. The Bertz CT molecular complexity index is 1170. The first-order valence-electron chi connectivity index (χ1n) is 11.8. The second-order valence-corrected chi connectivity index (χ2v) is 10.4. The van der Waals surface area contributed by atoms with E-state index in [2.05, 4.69) is 5.32 Å². The summed E-state index contributed by atoms with van der Waals surface area (Å²) in [6.07, 6.45) is 0.324. The third kappa shape index (κ3) is 8.37. The molecule has 36 heavy (non-hydrogen) atoms. The minimum absolute atomic E-state index is 0.144. The van der Waals surface area contributed by atoms with Crippen molar-refractivity contribution in [3.63, 3.8) is 0 Å². The number of esters is 2. The van der Waals surface area contributed by atoms with Crippen LogP contribution in [0.2, 0.25) is 10.0 Å². The maximum atomic E-state index is 13.1. The van der Waals surface area contributed by atoms with Crippen molar-refractivity contribution >= 4 is 35.1 Å². The zero-order valence-corrected chi connectivity index (χ0v) is 22.4. The fourth-order valence-electron chi connectivity index (χ4n) is 3.57. The molecule has 0 unspecified atom stereocenters. The Kier molecular flexibility index (Phi) is 9.55. The van der Waals surface area contributed by atoms with E-state index in [9.17, 15) is 9.59 Å².